The molecule has 0 aliphatic carbocycles. The molecule has 0 saturated carbocycles. The molecule has 0 amide bonds. The summed E-state index contributed by atoms with van der Waals surface area (Å²) in [5, 5.41) is 0. The third kappa shape index (κ3) is 8.82. The van der Waals surface area contributed by atoms with Crippen LogP contribution in [0.3, 0.4) is 0 Å². The molecule has 0 spiro atoms. The molecule has 0 unspecified atom stereocenters. The van der Waals surface area contributed by atoms with Gasteiger partial charge in [-0.25, -0.2) is 0 Å². The van der Waals surface area contributed by atoms with Gasteiger partial charge in [-0.2, -0.15) is 0 Å². The van der Waals surface area contributed by atoms with Gasteiger partial charge in [-0.3, -0.25) is 0 Å². The molecule has 0 fully saturated rings. The maximum atomic E-state index is 0. The molecule has 0 bridgehead atoms. The predicted molar refractivity (Wildman–Crippen MR) is 9.45 cm³/mol. The molecule has 0 aromatic heterocycles. The Bertz CT molecular complexity index is 11.5. The van der Waals surface area contributed by atoms with Crippen molar-refractivity contribution in [2.75, 3.05) is 0 Å². The Kier molecular flexibility index (Phi) is 137. The fourth-order valence-electron chi connectivity index (χ4n) is 0. The molecular weight excluding hydrogens is 94.1 g/mol. The van der Waals surface area contributed by atoms with Gasteiger partial charge in [0.25, 0.3) is 0 Å². The minimum atomic E-state index is 0. The molecule has 0 aromatic carbocycles. The quantitative estimate of drug-likeness (QED) is 0.271. The van der Waals surface area contributed by atoms with Gasteiger partial charge in [0, 0.05) is 0 Å². The van der Waals surface area contributed by atoms with Crippen molar-refractivity contribution in [3.8, 4) is 0 Å². The van der Waals surface area contributed by atoms with E-state index >= 15 is 0 Å². The first-order valence-electron chi connectivity index (χ1n) is 0. The van der Waals surface area contributed by atoms with Gasteiger partial charge in [-0.05, 0) is 0 Å². The maximum Gasteiger partial charge on any atom is 1.00 e. The summed E-state index contributed by atoms with van der Waals surface area (Å²) in [7, 11) is 0. The first-order chi connectivity index (χ1) is 0. The van der Waals surface area contributed by atoms with Crippen LogP contribution in [0.25, 0.3) is 0 Å². The molecule has 0 radical (unpaired) electrons. The van der Waals surface area contributed by atoms with E-state index in [-0.39, 0.29) is 94.7 Å². The van der Waals surface area contributed by atoms with Crippen LogP contribution in [0.1, 0.15) is 2.85 Å². The first-order valence-corrected chi connectivity index (χ1v) is 0. The molecule has 20 valence electrons. The molecule has 0 rings (SSSR count). The maximum absolute atomic E-state index is 0. The number of hydrogen-bond acceptors (Lipinski definition) is 0. The second-order valence-electron chi connectivity index (χ2n) is 0. The van der Waals surface area contributed by atoms with Crippen LogP contribution in [0, 0.1) is 0 Å². The summed E-state index contributed by atoms with van der Waals surface area (Å²) in [5.74, 6) is 0. The van der Waals surface area contributed by atoms with Crippen LogP contribution in [0.5, 0.6) is 0 Å². The van der Waals surface area contributed by atoms with Crippen LogP contribution in [0.2, 0.25) is 0 Å². The zero-order chi connectivity index (χ0) is 0. The standard InChI is InChI=1S/K.Na.2H2O.2H/h;;2*1H2;;/q2*+1;;;2*-1. The Balaban J connectivity index is 0. The molecule has 2 nitrogen and oxygen atoms in total. The van der Waals surface area contributed by atoms with Crippen molar-refractivity contribution in [2.45, 2.75) is 0 Å². The van der Waals surface area contributed by atoms with Gasteiger partial charge in [-0.1, -0.05) is 0 Å². The normalized spacial score (nSPS) is 0. The zero-order valence-electron chi connectivity index (χ0n) is 5.00. The van der Waals surface area contributed by atoms with Gasteiger partial charge in [0.1, 0.15) is 0 Å². The van der Waals surface area contributed by atoms with E-state index in [2.05, 4.69) is 0 Å². The van der Waals surface area contributed by atoms with Crippen molar-refractivity contribution in [3.63, 3.8) is 0 Å². The third-order valence-corrected chi connectivity index (χ3v) is 0. The molecular formula is H6KNaO2. The summed E-state index contributed by atoms with van der Waals surface area (Å²) in [4.78, 5) is 0. The van der Waals surface area contributed by atoms with Crippen LogP contribution in [0.4, 0.5) is 0 Å². The minimum absolute atomic E-state index is 0. The Morgan fingerprint density at radius 3 is 1.00 bits per heavy atom. The van der Waals surface area contributed by atoms with E-state index in [1.807, 2.05) is 0 Å². The van der Waals surface area contributed by atoms with Crippen molar-refractivity contribution in [3.05, 3.63) is 0 Å². The van der Waals surface area contributed by atoms with Crippen molar-refractivity contribution >= 4 is 0 Å². The van der Waals surface area contributed by atoms with Gasteiger partial charge in [-0.15, -0.1) is 0 Å². The zero-order valence-corrected chi connectivity index (χ0v) is 8.12. The van der Waals surface area contributed by atoms with Crippen molar-refractivity contribution in [1.29, 1.82) is 0 Å². The minimum Gasteiger partial charge on any atom is -1.00 e. The summed E-state index contributed by atoms with van der Waals surface area (Å²) >= 11 is 0. The SMILES string of the molecule is O.O.[H-].[H-].[K+].[Na+]. The van der Waals surface area contributed by atoms with Crippen LogP contribution in [0.15, 0.2) is 0 Å². The Hall–Kier alpha value is 2.56. The Morgan fingerprint density at radius 2 is 1.00 bits per heavy atom. The molecule has 0 aromatic rings. The van der Waals surface area contributed by atoms with E-state index in [4.69, 9.17) is 0 Å². The second-order valence-corrected chi connectivity index (χ2v) is 0. The van der Waals surface area contributed by atoms with E-state index in [0.29, 0.717) is 0 Å². The summed E-state index contributed by atoms with van der Waals surface area (Å²) in [6.45, 7) is 0. The van der Waals surface area contributed by atoms with E-state index in [9.17, 15) is 0 Å². The monoisotopic (exact) mass is 100.0 g/mol. The van der Waals surface area contributed by atoms with Gasteiger partial charge in [0.2, 0.25) is 0 Å². The Morgan fingerprint density at radius 1 is 1.00 bits per heavy atom. The average molecular weight is 100 g/mol. The summed E-state index contributed by atoms with van der Waals surface area (Å²) in [6.07, 6.45) is 0. The smallest absolute Gasteiger partial charge is 1.00 e. The molecule has 4 heavy (non-hydrogen) atoms. The molecule has 4 N–H and O–H groups in total. The van der Waals surface area contributed by atoms with Gasteiger partial charge in [0.05, 0.1) is 0 Å². The fourth-order valence-corrected chi connectivity index (χ4v) is 0. The molecule has 4 heteroatoms. The van der Waals surface area contributed by atoms with Crippen LogP contribution >= 0.6 is 0 Å². The summed E-state index contributed by atoms with van der Waals surface area (Å²) < 4.78 is 0. The van der Waals surface area contributed by atoms with E-state index in [0.717, 1.165) is 0 Å². The third-order valence-electron chi connectivity index (χ3n) is 0. The van der Waals surface area contributed by atoms with Gasteiger partial charge < -0.3 is 13.8 Å². The number of hydrogen-bond donors (Lipinski definition) is 0. The van der Waals surface area contributed by atoms with Crippen LogP contribution in [-0.4, -0.2) is 11.0 Å². The van der Waals surface area contributed by atoms with Crippen LogP contribution in [-0.2, 0) is 0 Å². The van der Waals surface area contributed by atoms with E-state index in [1.54, 1.807) is 0 Å². The average Bonchev–Trinajstić information content (AvgIpc) is 0. The van der Waals surface area contributed by atoms with Gasteiger partial charge in [0.15, 0.2) is 0 Å². The van der Waals surface area contributed by atoms with Crippen molar-refractivity contribution < 1.29 is 94.7 Å². The van der Waals surface area contributed by atoms with Crippen molar-refractivity contribution in [1.82, 2.24) is 0 Å². The van der Waals surface area contributed by atoms with Crippen LogP contribution < -0.4 is 80.9 Å². The van der Waals surface area contributed by atoms with E-state index in [1.165, 1.54) is 0 Å². The molecule has 0 atom stereocenters. The van der Waals surface area contributed by atoms with E-state index < -0.39 is 0 Å². The van der Waals surface area contributed by atoms with Gasteiger partial charge >= 0.3 is 80.9 Å². The summed E-state index contributed by atoms with van der Waals surface area (Å²) in [5.41, 5.74) is 0. The Labute approximate surface area is 92.6 Å². The predicted octanol–water partition coefficient (Wildman–Crippen LogP) is -7.42. The fraction of sp³-hybridized carbons (Fsp3) is 0. The molecule has 0 aliphatic rings. The molecule has 0 heterocycles. The topological polar surface area (TPSA) is 63.0 Å². The summed E-state index contributed by atoms with van der Waals surface area (Å²) in [6, 6.07) is 0. The second kappa shape index (κ2) is 17.7. The number of rotatable bonds is 0. The van der Waals surface area contributed by atoms with Crippen molar-refractivity contribution in [2.24, 2.45) is 0 Å². The molecule has 0 aliphatic heterocycles. The first kappa shape index (κ1) is 31.0. The largest absolute Gasteiger partial charge is 1.00 e. The molecule has 0 saturated heterocycles.